The third kappa shape index (κ3) is 2.23. The van der Waals surface area contributed by atoms with Crippen LogP contribution >= 0.6 is 0 Å². The zero-order valence-electron chi connectivity index (χ0n) is 10.8. The summed E-state index contributed by atoms with van der Waals surface area (Å²) in [6.07, 6.45) is 0.796. The minimum absolute atomic E-state index is 0.0232. The Morgan fingerprint density at radius 1 is 1.44 bits per heavy atom. The molecule has 0 aromatic heterocycles. The van der Waals surface area contributed by atoms with Crippen molar-refractivity contribution in [3.63, 3.8) is 0 Å². The second-order valence-corrected chi connectivity index (χ2v) is 5.55. The standard InChI is InChI=1S/C14H17NO3/c1-8-4-9-6-11(16)15-12(9)10(5-8)7-14(2,3)13(17)18/h4-5H,6-7H2,1-3H3,(H,15,16)(H,17,18). The number of benzene rings is 1. The molecule has 4 heteroatoms. The van der Waals surface area contributed by atoms with Crippen LogP contribution in [0.3, 0.4) is 0 Å². The highest BCUT2D eigenvalue weighted by Gasteiger charge is 2.30. The van der Waals surface area contributed by atoms with Crippen LogP contribution in [0.25, 0.3) is 0 Å². The predicted molar refractivity (Wildman–Crippen MR) is 68.6 cm³/mol. The van der Waals surface area contributed by atoms with E-state index in [-0.39, 0.29) is 5.91 Å². The topological polar surface area (TPSA) is 66.4 Å². The maximum Gasteiger partial charge on any atom is 0.309 e. The van der Waals surface area contributed by atoms with Crippen molar-refractivity contribution in [1.29, 1.82) is 0 Å². The van der Waals surface area contributed by atoms with Crippen LogP contribution in [-0.2, 0) is 22.4 Å². The molecule has 2 N–H and O–H groups in total. The minimum atomic E-state index is -0.838. The summed E-state index contributed by atoms with van der Waals surface area (Å²) in [5.41, 5.74) is 2.90. The SMILES string of the molecule is Cc1cc2c(c(CC(C)(C)C(=O)O)c1)NC(=O)C2. The summed E-state index contributed by atoms with van der Waals surface area (Å²) < 4.78 is 0. The fraction of sp³-hybridized carbons (Fsp3) is 0.429. The molecule has 96 valence electrons. The Bertz CT molecular complexity index is 532. The molecule has 0 fully saturated rings. The highest BCUT2D eigenvalue weighted by Crippen LogP contribution is 2.33. The van der Waals surface area contributed by atoms with Gasteiger partial charge in [-0.3, -0.25) is 9.59 Å². The third-order valence-corrected chi connectivity index (χ3v) is 3.27. The molecule has 0 saturated heterocycles. The van der Waals surface area contributed by atoms with Crippen LogP contribution in [-0.4, -0.2) is 17.0 Å². The Balaban J connectivity index is 2.41. The van der Waals surface area contributed by atoms with Gasteiger partial charge in [-0.15, -0.1) is 0 Å². The van der Waals surface area contributed by atoms with E-state index in [1.54, 1.807) is 13.8 Å². The molecule has 0 unspecified atom stereocenters. The van der Waals surface area contributed by atoms with Gasteiger partial charge in [-0.1, -0.05) is 17.7 Å². The Morgan fingerprint density at radius 3 is 2.72 bits per heavy atom. The van der Waals surface area contributed by atoms with Gasteiger partial charge in [-0.05, 0) is 38.3 Å². The lowest BCUT2D eigenvalue weighted by atomic mass is 9.84. The van der Waals surface area contributed by atoms with Crippen LogP contribution in [0.4, 0.5) is 5.69 Å². The number of aryl methyl sites for hydroxylation is 1. The number of fused-ring (bicyclic) bond motifs is 1. The molecule has 0 bridgehead atoms. The van der Waals surface area contributed by atoms with E-state index in [0.717, 1.165) is 22.4 Å². The van der Waals surface area contributed by atoms with E-state index in [0.29, 0.717) is 12.8 Å². The number of carboxylic acids is 1. The van der Waals surface area contributed by atoms with Crippen LogP contribution in [0, 0.1) is 12.3 Å². The van der Waals surface area contributed by atoms with Crippen molar-refractivity contribution in [2.45, 2.75) is 33.6 Å². The number of hydrogen-bond donors (Lipinski definition) is 2. The first-order chi connectivity index (χ1) is 8.29. The van der Waals surface area contributed by atoms with E-state index in [1.165, 1.54) is 0 Å². The molecule has 1 heterocycles. The first-order valence-corrected chi connectivity index (χ1v) is 5.95. The molecule has 0 aliphatic carbocycles. The molecule has 4 nitrogen and oxygen atoms in total. The number of carbonyl (C=O) groups is 2. The zero-order valence-corrected chi connectivity index (χ0v) is 10.8. The molecule has 1 aromatic carbocycles. The number of nitrogens with one attached hydrogen (secondary N) is 1. The summed E-state index contributed by atoms with van der Waals surface area (Å²) in [5, 5.41) is 12.0. The van der Waals surface area contributed by atoms with E-state index in [4.69, 9.17) is 0 Å². The average molecular weight is 247 g/mol. The molecule has 1 aliphatic rings. The number of carboxylic acid groups (broad SMARTS) is 1. The normalized spacial score (nSPS) is 14.3. The van der Waals surface area contributed by atoms with Gasteiger partial charge in [-0.2, -0.15) is 0 Å². The van der Waals surface area contributed by atoms with E-state index in [1.807, 2.05) is 19.1 Å². The van der Waals surface area contributed by atoms with Crippen LogP contribution in [0.15, 0.2) is 12.1 Å². The van der Waals surface area contributed by atoms with Crippen LogP contribution in [0.1, 0.15) is 30.5 Å². The monoisotopic (exact) mass is 247 g/mol. The number of carbonyl (C=O) groups excluding carboxylic acids is 1. The fourth-order valence-electron chi connectivity index (χ4n) is 2.29. The Kier molecular flexibility index (Phi) is 2.89. The number of aliphatic carboxylic acids is 1. The van der Waals surface area contributed by atoms with Gasteiger partial charge in [0.05, 0.1) is 11.8 Å². The summed E-state index contributed by atoms with van der Waals surface area (Å²) in [4.78, 5) is 22.6. The first-order valence-electron chi connectivity index (χ1n) is 5.95. The van der Waals surface area contributed by atoms with Crippen molar-refractivity contribution in [2.75, 3.05) is 5.32 Å². The van der Waals surface area contributed by atoms with Crippen molar-refractivity contribution in [3.05, 3.63) is 28.8 Å². The van der Waals surface area contributed by atoms with Gasteiger partial charge >= 0.3 is 5.97 Å². The molecule has 0 saturated carbocycles. The van der Waals surface area contributed by atoms with Gasteiger partial charge < -0.3 is 10.4 Å². The first kappa shape index (κ1) is 12.6. The molecule has 1 aliphatic heterocycles. The van der Waals surface area contributed by atoms with Crippen LogP contribution in [0.5, 0.6) is 0 Å². The molecule has 0 atom stereocenters. The third-order valence-electron chi connectivity index (χ3n) is 3.27. The van der Waals surface area contributed by atoms with Gasteiger partial charge in [0.15, 0.2) is 0 Å². The second-order valence-electron chi connectivity index (χ2n) is 5.55. The van der Waals surface area contributed by atoms with Gasteiger partial charge in [0.25, 0.3) is 0 Å². The van der Waals surface area contributed by atoms with E-state index < -0.39 is 11.4 Å². The molecule has 1 amide bonds. The molecular formula is C14H17NO3. The molecule has 1 aromatic rings. The predicted octanol–water partition coefficient (Wildman–Crippen LogP) is 2.14. The van der Waals surface area contributed by atoms with Crippen LogP contribution in [0.2, 0.25) is 0 Å². The van der Waals surface area contributed by atoms with Crippen molar-refractivity contribution in [2.24, 2.45) is 5.41 Å². The Labute approximate surface area is 106 Å². The molecule has 2 rings (SSSR count). The summed E-state index contributed by atoms with van der Waals surface area (Å²) in [5.74, 6) is -0.855. The lowest BCUT2D eigenvalue weighted by molar-refractivity contribution is -0.146. The van der Waals surface area contributed by atoms with Crippen molar-refractivity contribution in [1.82, 2.24) is 0 Å². The molecule has 0 radical (unpaired) electrons. The van der Waals surface area contributed by atoms with E-state index in [2.05, 4.69) is 5.32 Å². The van der Waals surface area contributed by atoms with Gasteiger partial charge in [0.2, 0.25) is 5.91 Å². The van der Waals surface area contributed by atoms with E-state index in [9.17, 15) is 14.7 Å². The number of amides is 1. The zero-order chi connectivity index (χ0) is 13.5. The molecule has 18 heavy (non-hydrogen) atoms. The van der Waals surface area contributed by atoms with E-state index >= 15 is 0 Å². The van der Waals surface area contributed by atoms with Crippen molar-refractivity contribution in [3.8, 4) is 0 Å². The number of hydrogen-bond acceptors (Lipinski definition) is 2. The Morgan fingerprint density at radius 2 is 2.11 bits per heavy atom. The molecular weight excluding hydrogens is 230 g/mol. The van der Waals surface area contributed by atoms with Crippen LogP contribution < -0.4 is 5.32 Å². The number of rotatable bonds is 3. The minimum Gasteiger partial charge on any atom is -0.481 e. The fourth-order valence-corrected chi connectivity index (χ4v) is 2.29. The summed E-state index contributed by atoms with van der Waals surface area (Å²) in [7, 11) is 0. The summed E-state index contributed by atoms with van der Waals surface area (Å²) >= 11 is 0. The second kappa shape index (κ2) is 4.12. The van der Waals surface area contributed by atoms with Gasteiger partial charge in [-0.25, -0.2) is 0 Å². The highest BCUT2D eigenvalue weighted by molar-refractivity contribution is 6.00. The molecule has 0 spiro atoms. The highest BCUT2D eigenvalue weighted by atomic mass is 16.4. The van der Waals surface area contributed by atoms with Crippen molar-refractivity contribution < 1.29 is 14.7 Å². The maximum atomic E-state index is 11.4. The Hall–Kier alpha value is -1.84. The summed E-state index contributed by atoms with van der Waals surface area (Å²) in [6.45, 7) is 5.35. The lowest BCUT2D eigenvalue weighted by Gasteiger charge is -2.21. The number of anilines is 1. The largest absolute Gasteiger partial charge is 0.481 e. The van der Waals surface area contributed by atoms with Crippen molar-refractivity contribution >= 4 is 17.6 Å². The summed E-state index contributed by atoms with van der Waals surface area (Å²) in [6, 6.07) is 3.93. The lowest BCUT2D eigenvalue weighted by Crippen LogP contribution is -2.26. The quantitative estimate of drug-likeness (QED) is 0.860. The average Bonchev–Trinajstić information content (AvgIpc) is 2.57. The maximum absolute atomic E-state index is 11.4. The smallest absolute Gasteiger partial charge is 0.309 e. The van der Waals surface area contributed by atoms with Gasteiger partial charge in [0.1, 0.15) is 0 Å². The van der Waals surface area contributed by atoms with Gasteiger partial charge in [0, 0.05) is 5.69 Å².